The average Bonchev–Trinajstić information content (AvgIpc) is 2.88. The van der Waals surface area contributed by atoms with Crippen LogP contribution >= 0.6 is 0 Å². The predicted octanol–water partition coefficient (Wildman–Crippen LogP) is 6.68. The van der Waals surface area contributed by atoms with Crippen LogP contribution in [0.4, 0.5) is 5.69 Å². The molecule has 0 amide bonds. The number of hydrogen-bond donors (Lipinski definition) is 1. The first kappa shape index (κ1) is 25.5. The first-order valence-electron chi connectivity index (χ1n) is 13.0. The maximum Gasteiger partial charge on any atom is 0.336 e. The van der Waals surface area contributed by atoms with Gasteiger partial charge >= 0.3 is 5.97 Å². The van der Waals surface area contributed by atoms with E-state index in [1.165, 1.54) is 0 Å². The Morgan fingerprint density at radius 2 is 1.61 bits per heavy atom. The molecule has 2 aromatic rings. The van der Waals surface area contributed by atoms with Gasteiger partial charge in [0.15, 0.2) is 0 Å². The van der Waals surface area contributed by atoms with Gasteiger partial charge in [0.25, 0.3) is 0 Å². The third-order valence-corrected chi connectivity index (χ3v) is 7.16. The van der Waals surface area contributed by atoms with Crippen molar-refractivity contribution in [1.29, 1.82) is 0 Å². The molecule has 1 N–H and O–H groups in total. The number of carboxylic acid groups (broad SMARTS) is 1. The minimum Gasteiger partial charge on any atom is -0.478 e. The van der Waals surface area contributed by atoms with Gasteiger partial charge in [-0.15, -0.1) is 0 Å². The van der Waals surface area contributed by atoms with Crippen molar-refractivity contribution in [2.75, 3.05) is 31.1 Å². The molecule has 0 unspecified atom stereocenters. The zero-order valence-corrected chi connectivity index (χ0v) is 22.3. The highest BCUT2D eigenvalue weighted by atomic mass is 16.4. The Labute approximate surface area is 213 Å². The summed E-state index contributed by atoms with van der Waals surface area (Å²) in [6.07, 6.45) is 0. The summed E-state index contributed by atoms with van der Waals surface area (Å²) in [6, 6.07) is 18.3. The van der Waals surface area contributed by atoms with Gasteiger partial charge in [0, 0.05) is 47.4 Å². The van der Waals surface area contributed by atoms with Crippen LogP contribution in [0.25, 0.3) is 33.4 Å². The summed E-state index contributed by atoms with van der Waals surface area (Å²) >= 11 is 0. The Kier molecular flexibility index (Phi) is 7.48. The van der Waals surface area contributed by atoms with Crippen LogP contribution in [0.5, 0.6) is 0 Å². The number of anilines is 1. The molecule has 2 aromatic carbocycles. The lowest BCUT2D eigenvalue weighted by atomic mass is 9.88. The van der Waals surface area contributed by atoms with Crippen molar-refractivity contribution >= 4 is 22.6 Å². The van der Waals surface area contributed by atoms with Crippen LogP contribution in [0.1, 0.15) is 63.4 Å². The number of carbonyl (C=O) groups is 1. The van der Waals surface area contributed by atoms with E-state index in [2.05, 4.69) is 87.4 Å². The second-order valence-corrected chi connectivity index (χ2v) is 9.45. The molecule has 0 bridgehead atoms. The number of hydrogen-bond acceptors (Lipinski definition) is 3. The molecule has 188 valence electrons. The normalized spacial score (nSPS) is 11.4. The van der Waals surface area contributed by atoms with E-state index in [-0.39, 0.29) is 5.92 Å². The summed E-state index contributed by atoms with van der Waals surface area (Å²) in [6.45, 7) is 16.3. The first-order valence-corrected chi connectivity index (χ1v) is 13.0. The van der Waals surface area contributed by atoms with Gasteiger partial charge in [-0.05, 0) is 69.0 Å². The van der Waals surface area contributed by atoms with E-state index in [4.69, 9.17) is 4.42 Å². The van der Waals surface area contributed by atoms with Crippen molar-refractivity contribution in [3.63, 3.8) is 0 Å². The highest BCUT2D eigenvalue weighted by molar-refractivity contribution is 6.08. The second kappa shape index (κ2) is 10.6. The van der Waals surface area contributed by atoms with Crippen molar-refractivity contribution in [3.05, 3.63) is 71.1 Å². The Balaban J connectivity index is 2.13. The Bertz CT molecular complexity index is 1440. The molecule has 0 aromatic heterocycles. The molecule has 0 saturated heterocycles. The summed E-state index contributed by atoms with van der Waals surface area (Å²) < 4.78 is 8.81. The van der Waals surface area contributed by atoms with Gasteiger partial charge in [0.05, 0.1) is 11.6 Å². The number of aromatic carboxylic acids is 1. The van der Waals surface area contributed by atoms with Gasteiger partial charge in [-0.25, -0.2) is 9.37 Å². The van der Waals surface area contributed by atoms with Gasteiger partial charge in [-0.2, -0.15) is 0 Å². The van der Waals surface area contributed by atoms with Crippen LogP contribution in [0.15, 0.2) is 59.0 Å². The average molecular weight is 486 g/mol. The van der Waals surface area contributed by atoms with Crippen molar-refractivity contribution < 1.29 is 14.3 Å². The summed E-state index contributed by atoms with van der Waals surface area (Å²) in [7, 11) is 0. The van der Waals surface area contributed by atoms with E-state index in [1.54, 1.807) is 0 Å². The lowest BCUT2D eigenvalue weighted by Crippen LogP contribution is -2.29. The van der Waals surface area contributed by atoms with Crippen molar-refractivity contribution in [3.8, 4) is 22.5 Å². The standard InChI is InChI=1S/C31H36N2O3/c1-7-32(8-2)22-12-15-25-28(18-22)36-29-19-23(33(9-3)10-4)13-16-26(29)30(25)24-14-11-21(20(5)6)17-27(24)31(34)35/h11-20H,7-10H2,1-6H3/p+1. The van der Waals surface area contributed by atoms with Crippen LogP contribution in [0, 0.1) is 0 Å². The molecule has 1 heterocycles. The van der Waals surface area contributed by atoms with Gasteiger partial charge in [-0.3, -0.25) is 0 Å². The first-order chi connectivity index (χ1) is 17.3. The van der Waals surface area contributed by atoms with E-state index in [1.807, 2.05) is 18.2 Å². The molecule has 1 aliphatic carbocycles. The molecule has 0 saturated carbocycles. The van der Waals surface area contributed by atoms with Gasteiger partial charge in [0.1, 0.15) is 24.4 Å². The zero-order chi connectivity index (χ0) is 26.0. The predicted molar refractivity (Wildman–Crippen MR) is 149 cm³/mol. The van der Waals surface area contributed by atoms with Gasteiger partial charge in [-0.1, -0.05) is 26.0 Å². The fourth-order valence-corrected chi connectivity index (χ4v) is 5.04. The fourth-order valence-electron chi connectivity index (χ4n) is 5.04. The Hall–Kier alpha value is -3.60. The van der Waals surface area contributed by atoms with Gasteiger partial charge < -0.3 is 14.4 Å². The Morgan fingerprint density at radius 3 is 2.22 bits per heavy atom. The molecule has 0 radical (unpaired) electrons. The highest BCUT2D eigenvalue weighted by Gasteiger charge is 2.23. The summed E-state index contributed by atoms with van der Waals surface area (Å²) in [5.41, 5.74) is 5.69. The lowest BCUT2D eigenvalue weighted by molar-refractivity contribution is 0.0697. The zero-order valence-electron chi connectivity index (χ0n) is 22.3. The SMILES string of the molecule is CCN(CC)c1ccc2c(-c3ccc(C(C)C)cc3C(=O)O)c3ccc(=[N+](CC)CC)cc-3oc2c1. The molecule has 5 nitrogen and oxygen atoms in total. The quantitative estimate of drug-likeness (QED) is 0.223. The Morgan fingerprint density at radius 1 is 0.917 bits per heavy atom. The largest absolute Gasteiger partial charge is 0.478 e. The van der Waals surface area contributed by atoms with Crippen LogP contribution in [-0.2, 0) is 0 Å². The fraction of sp³-hybridized carbons (Fsp3) is 0.355. The molecular weight excluding hydrogens is 448 g/mol. The van der Waals surface area contributed by atoms with E-state index >= 15 is 0 Å². The molecule has 0 fully saturated rings. The van der Waals surface area contributed by atoms with E-state index in [0.29, 0.717) is 11.1 Å². The maximum absolute atomic E-state index is 12.4. The monoisotopic (exact) mass is 485 g/mol. The summed E-state index contributed by atoms with van der Waals surface area (Å²) in [4.78, 5) is 14.7. The van der Waals surface area contributed by atoms with Gasteiger partial charge in [0.2, 0.25) is 5.36 Å². The van der Waals surface area contributed by atoms with Crippen LogP contribution < -0.4 is 14.8 Å². The van der Waals surface area contributed by atoms with E-state index in [0.717, 1.165) is 70.6 Å². The van der Waals surface area contributed by atoms with Crippen molar-refractivity contribution in [2.45, 2.75) is 47.5 Å². The molecule has 5 heteroatoms. The molecule has 0 spiro atoms. The molecule has 36 heavy (non-hydrogen) atoms. The molecular formula is C31H37N2O3+. The molecule has 0 atom stereocenters. The van der Waals surface area contributed by atoms with Crippen molar-refractivity contribution in [2.24, 2.45) is 0 Å². The molecule has 1 aliphatic heterocycles. The third-order valence-electron chi connectivity index (χ3n) is 7.16. The number of carboxylic acids is 1. The third kappa shape index (κ3) is 4.62. The smallest absolute Gasteiger partial charge is 0.336 e. The van der Waals surface area contributed by atoms with E-state index < -0.39 is 5.97 Å². The van der Waals surface area contributed by atoms with Crippen LogP contribution in [0.3, 0.4) is 0 Å². The summed E-state index contributed by atoms with van der Waals surface area (Å²) in [5, 5.41) is 12.2. The van der Waals surface area contributed by atoms with Crippen molar-refractivity contribution in [1.82, 2.24) is 4.58 Å². The van der Waals surface area contributed by atoms with Crippen LogP contribution in [-0.4, -0.2) is 37.3 Å². The van der Waals surface area contributed by atoms with Crippen LogP contribution in [0.2, 0.25) is 0 Å². The minimum absolute atomic E-state index is 0.240. The van der Waals surface area contributed by atoms with E-state index in [9.17, 15) is 9.90 Å². The second-order valence-electron chi connectivity index (χ2n) is 9.45. The number of rotatable bonds is 8. The number of benzene rings is 3. The topological polar surface area (TPSA) is 56.7 Å². The lowest BCUT2D eigenvalue weighted by Gasteiger charge is -2.22. The molecule has 4 rings (SSSR count). The number of fused-ring (bicyclic) bond motifs is 2. The summed E-state index contributed by atoms with van der Waals surface area (Å²) in [5.74, 6) is 0.0710. The highest BCUT2D eigenvalue weighted by Crippen LogP contribution is 2.42. The minimum atomic E-state index is -0.922. The number of nitrogens with zero attached hydrogens (tertiary/aromatic N) is 2. The molecule has 2 aliphatic rings. The maximum atomic E-state index is 12.4.